The van der Waals surface area contributed by atoms with Gasteiger partial charge in [-0.15, -0.1) is 0 Å². The second kappa shape index (κ2) is 8.27. The van der Waals surface area contributed by atoms with Crippen LogP contribution in [0.5, 0.6) is 0 Å². The van der Waals surface area contributed by atoms with Crippen molar-refractivity contribution in [2.24, 2.45) is 5.92 Å². The topological polar surface area (TPSA) is 71.1 Å². The summed E-state index contributed by atoms with van der Waals surface area (Å²) in [6, 6.07) is -0.279. The lowest BCUT2D eigenvalue weighted by atomic mass is 9.90. The zero-order chi connectivity index (χ0) is 17.7. The lowest BCUT2D eigenvalue weighted by Crippen LogP contribution is -2.73. The zero-order valence-corrected chi connectivity index (χ0v) is 15.3. The molecule has 24 heavy (non-hydrogen) atoms. The SMILES string of the molecule is COCCNC(=O)[C@H]1COC2(CN(C(=O)CCC(C)C)C2)CN1C. The van der Waals surface area contributed by atoms with Crippen LogP contribution in [0.15, 0.2) is 0 Å². The molecule has 2 rings (SSSR count). The monoisotopic (exact) mass is 341 g/mol. The lowest BCUT2D eigenvalue weighted by Gasteiger charge is -2.54. The molecule has 2 heterocycles. The molecule has 0 bridgehead atoms. The molecule has 2 saturated heterocycles. The number of carbonyl (C=O) groups is 2. The molecule has 1 N–H and O–H groups in total. The summed E-state index contributed by atoms with van der Waals surface area (Å²) in [5.41, 5.74) is -0.300. The van der Waals surface area contributed by atoms with E-state index in [4.69, 9.17) is 9.47 Å². The van der Waals surface area contributed by atoms with Crippen molar-refractivity contribution in [1.82, 2.24) is 15.1 Å². The van der Waals surface area contributed by atoms with E-state index in [2.05, 4.69) is 19.2 Å². The third-order valence-electron chi connectivity index (χ3n) is 4.77. The molecule has 138 valence electrons. The van der Waals surface area contributed by atoms with E-state index in [1.165, 1.54) is 0 Å². The van der Waals surface area contributed by atoms with E-state index >= 15 is 0 Å². The van der Waals surface area contributed by atoms with Crippen LogP contribution in [0.1, 0.15) is 26.7 Å². The highest BCUT2D eigenvalue weighted by Gasteiger charge is 2.50. The van der Waals surface area contributed by atoms with E-state index in [-0.39, 0.29) is 23.5 Å². The maximum atomic E-state index is 12.2. The number of carbonyl (C=O) groups excluding carboxylic acids is 2. The van der Waals surface area contributed by atoms with Crippen molar-refractivity contribution in [3.05, 3.63) is 0 Å². The molecule has 1 atom stereocenters. The molecule has 7 nitrogen and oxygen atoms in total. The molecule has 2 fully saturated rings. The van der Waals surface area contributed by atoms with Gasteiger partial charge in [0.2, 0.25) is 11.8 Å². The number of hydrogen-bond acceptors (Lipinski definition) is 5. The van der Waals surface area contributed by atoms with Crippen molar-refractivity contribution in [3.8, 4) is 0 Å². The highest BCUT2D eigenvalue weighted by molar-refractivity contribution is 5.82. The molecule has 0 aromatic rings. The minimum absolute atomic E-state index is 0.0337. The quantitative estimate of drug-likeness (QED) is 0.665. The Morgan fingerprint density at radius 1 is 1.33 bits per heavy atom. The van der Waals surface area contributed by atoms with Gasteiger partial charge >= 0.3 is 0 Å². The first-order chi connectivity index (χ1) is 11.4. The van der Waals surface area contributed by atoms with Gasteiger partial charge in [0.1, 0.15) is 11.6 Å². The molecule has 2 amide bonds. The summed E-state index contributed by atoms with van der Waals surface area (Å²) in [6.07, 6.45) is 1.53. The molecule has 0 aliphatic carbocycles. The van der Waals surface area contributed by atoms with Crippen LogP contribution in [-0.2, 0) is 19.1 Å². The number of morpholine rings is 1. The molecular weight excluding hydrogens is 310 g/mol. The number of rotatable bonds is 7. The van der Waals surface area contributed by atoms with E-state index in [9.17, 15) is 9.59 Å². The molecule has 0 unspecified atom stereocenters. The van der Waals surface area contributed by atoms with Crippen LogP contribution < -0.4 is 5.32 Å². The number of methoxy groups -OCH3 is 1. The Kier molecular flexibility index (Phi) is 6.60. The van der Waals surface area contributed by atoms with Crippen LogP contribution in [0.3, 0.4) is 0 Å². The van der Waals surface area contributed by atoms with Gasteiger partial charge in [0.15, 0.2) is 0 Å². The fraction of sp³-hybridized carbons (Fsp3) is 0.882. The number of nitrogens with zero attached hydrogens (tertiary/aromatic N) is 2. The van der Waals surface area contributed by atoms with Crippen molar-refractivity contribution in [2.75, 3.05) is 53.6 Å². The number of likely N-dealkylation sites (tertiary alicyclic amines) is 1. The minimum atomic E-state index is -0.300. The summed E-state index contributed by atoms with van der Waals surface area (Å²) in [4.78, 5) is 28.2. The molecule has 0 aromatic carbocycles. The number of ether oxygens (including phenoxy) is 2. The van der Waals surface area contributed by atoms with Gasteiger partial charge in [-0.25, -0.2) is 0 Å². The van der Waals surface area contributed by atoms with Gasteiger partial charge in [-0.3, -0.25) is 14.5 Å². The largest absolute Gasteiger partial charge is 0.383 e. The average molecular weight is 341 g/mol. The smallest absolute Gasteiger partial charge is 0.239 e. The third-order valence-corrected chi connectivity index (χ3v) is 4.77. The zero-order valence-electron chi connectivity index (χ0n) is 15.3. The van der Waals surface area contributed by atoms with Crippen LogP contribution >= 0.6 is 0 Å². The van der Waals surface area contributed by atoms with Gasteiger partial charge in [0.05, 0.1) is 26.3 Å². The van der Waals surface area contributed by atoms with Crippen molar-refractivity contribution in [1.29, 1.82) is 0 Å². The molecule has 2 aliphatic rings. The Hall–Kier alpha value is -1.18. The molecule has 0 saturated carbocycles. The Morgan fingerprint density at radius 3 is 2.62 bits per heavy atom. The highest BCUT2D eigenvalue weighted by atomic mass is 16.5. The Labute approximate surface area is 144 Å². The van der Waals surface area contributed by atoms with Gasteiger partial charge in [0, 0.05) is 26.6 Å². The Bertz CT molecular complexity index is 449. The molecule has 1 spiro atoms. The van der Waals surface area contributed by atoms with Gasteiger partial charge in [-0.05, 0) is 19.4 Å². The van der Waals surface area contributed by atoms with E-state index in [1.807, 2.05) is 16.8 Å². The van der Waals surface area contributed by atoms with Crippen LogP contribution in [-0.4, -0.2) is 86.8 Å². The Balaban J connectivity index is 1.76. The highest BCUT2D eigenvalue weighted by Crippen LogP contribution is 2.31. The number of likely N-dealkylation sites (N-methyl/N-ethyl adjacent to an activating group) is 1. The van der Waals surface area contributed by atoms with Gasteiger partial charge in [-0.2, -0.15) is 0 Å². The van der Waals surface area contributed by atoms with Crippen LogP contribution in [0.4, 0.5) is 0 Å². The predicted molar refractivity (Wildman–Crippen MR) is 90.6 cm³/mol. The van der Waals surface area contributed by atoms with E-state index < -0.39 is 0 Å². The minimum Gasteiger partial charge on any atom is -0.383 e. The third kappa shape index (κ3) is 4.68. The Morgan fingerprint density at radius 2 is 2.04 bits per heavy atom. The van der Waals surface area contributed by atoms with Crippen molar-refractivity contribution in [3.63, 3.8) is 0 Å². The maximum absolute atomic E-state index is 12.2. The van der Waals surface area contributed by atoms with Crippen LogP contribution in [0.25, 0.3) is 0 Å². The van der Waals surface area contributed by atoms with Crippen molar-refractivity contribution >= 4 is 11.8 Å². The first-order valence-corrected chi connectivity index (χ1v) is 8.75. The van der Waals surface area contributed by atoms with Crippen LogP contribution in [0.2, 0.25) is 0 Å². The first-order valence-electron chi connectivity index (χ1n) is 8.75. The predicted octanol–water partition coefficient (Wildman–Crippen LogP) is 0.0968. The summed E-state index contributed by atoms with van der Waals surface area (Å²) in [6.45, 7) is 7.55. The van der Waals surface area contributed by atoms with E-state index in [0.29, 0.717) is 51.7 Å². The lowest BCUT2D eigenvalue weighted by molar-refractivity contribution is -0.201. The maximum Gasteiger partial charge on any atom is 0.239 e. The standard InChI is InChI=1S/C17H31N3O4/c1-13(2)5-6-15(21)20-11-17(12-20)10-19(3)14(9-24-17)16(22)18-7-8-23-4/h13-14H,5-12H2,1-4H3,(H,18,22)/t14-/m1/s1. The second-order valence-electron chi connectivity index (χ2n) is 7.39. The summed E-state index contributed by atoms with van der Waals surface area (Å²) in [7, 11) is 3.55. The van der Waals surface area contributed by atoms with E-state index in [0.717, 1.165) is 6.42 Å². The fourth-order valence-corrected chi connectivity index (χ4v) is 3.25. The van der Waals surface area contributed by atoms with Gasteiger partial charge in [-0.1, -0.05) is 13.8 Å². The molecule has 2 aliphatic heterocycles. The molecular formula is C17H31N3O4. The number of amides is 2. The normalized spacial score (nSPS) is 23.4. The summed E-state index contributed by atoms with van der Waals surface area (Å²) in [5, 5.41) is 2.85. The molecule has 0 radical (unpaired) electrons. The molecule has 7 heteroatoms. The summed E-state index contributed by atoms with van der Waals surface area (Å²) < 4.78 is 10.9. The van der Waals surface area contributed by atoms with E-state index in [1.54, 1.807) is 7.11 Å². The van der Waals surface area contributed by atoms with Crippen molar-refractivity contribution < 1.29 is 19.1 Å². The summed E-state index contributed by atoms with van der Waals surface area (Å²) in [5.74, 6) is 0.715. The average Bonchev–Trinajstić information content (AvgIpc) is 2.50. The fourth-order valence-electron chi connectivity index (χ4n) is 3.25. The van der Waals surface area contributed by atoms with Crippen LogP contribution in [0, 0.1) is 5.92 Å². The van der Waals surface area contributed by atoms with Gasteiger partial charge < -0.3 is 19.7 Å². The number of hydrogen-bond donors (Lipinski definition) is 1. The summed E-state index contributed by atoms with van der Waals surface area (Å²) >= 11 is 0. The molecule has 0 aromatic heterocycles. The first kappa shape index (κ1) is 19.1. The van der Waals surface area contributed by atoms with Gasteiger partial charge in [0.25, 0.3) is 0 Å². The van der Waals surface area contributed by atoms with Crippen molar-refractivity contribution in [2.45, 2.75) is 38.3 Å². The number of nitrogens with one attached hydrogen (secondary N) is 1. The second-order valence-corrected chi connectivity index (χ2v) is 7.39.